The molecule has 9 heteroatoms. The first-order valence-corrected chi connectivity index (χ1v) is 10.7. The molecule has 0 radical (unpaired) electrons. The van der Waals surface area contributed by atoms with E-state index in [0.717, 1.165) is 63.0 Å². The lowest BCUT2D eigenvalue weighted by atomic mass is 10.2. The van der Waals surface area contributed by atoms with E-state index in [1.807, 2.05) is 18.2 Å². The molecule has 0 aromatic heterocycles. The first-order valence-electron chi connectivity index (χ1n) is 10.7. The molecule has 0 atom stereocenters. The van der Waals surface area contributed by atoms with Crippen LogP contribution in [0.1, 0.15) is 6.42 Å². The van der Waals surface area contributed by atoms with Crippen LogP contribution in [0.15, 0.2) is 60.7 Å². The third kappa shape index (κ3) is 8.04. The highest BCUT2D eigenvalue weighted by atomic mass is 16.7. The van der Waals surface area contributed by atoms with Gasteiger partial charge in [-0.25, -0.2) is 9.59 Å². The number of nitrogens with zero attached hydrogens (tertiary/aromatic N) is 2. The van der Waals surface area contributed by atoms with Gasteiger partial charge in [0, 0.05) is 56.6 Å². The highest BCUT2D eigenvalue weighted by Gasteiger charge is 2.17. The third-order valence-corrected chi connectivity index (χ3v) is 5.09. The maximum Gasteiger partial charge on any atom is 0.328 e. The quantitative estimate of drug-likeness (QED) is 0.458. The van der Waals surface area contributed by atoms with E-state index < -0.39 is 11.9 Å². The minimum absolute atomic E-state index is 0.299. The zero-order valence-electron chi connectivity index (χ0n) is 18.3. The van der Waals surface area contributed by atoms with E-state index in [1.54, 1.807) is 0 Å². The van der Waals surface area contributed by atoms with Crippen molar-refractivity contribution < 1.29 is 34.0 Å². The van der Waals surface area contributed by atoms with Crippen molar-refractivity contribution in [3.05, 3.63) is 60.7 Å². The number of carbonyl (C=O) groups is 2. The van der Waals surface area contributed by atoms with Crippen LogP contribution in [-0.4, -0.2) is 73.2 Å². The zero-order valence-corrected chi connectivity index (χ0v) is 18.3. The Balaban J connectivity index is 0.000000331. The number of anilines is 1. The predicted molar refractivity (Wildman–Crippen MR) is 122 cm³/mol. The lowest BCUT2D eigenvalue weighted by Gasteiger charge is -2.36. The van der Waals surface area contributed by atoms with Gasteiger partial charge in [0.25, 0.3) is 0 Å². The summed E-state index contributed by atoms with van der Waals surface area (Å²) in [6.45, 7) is 6.50. The van der Waals surface area contributed by atoms with Gasteiger partial charge in [0.15, 0.2) is 11.5 Å². The number of rotatable bonds is 8. The molecule has 2 aliphatic heterocycles. The predicted octanol–water partition coefficient (Wildman–Crippen LogP) is 2.72. The maximum absolute atomic E-state index is 9.55. The van der Waals surface area contributed by atoms with Crippen LogP contribution in [0.5, 0.6) is 17.2 Å². The monoisotopic (exact) mass is 456 g/mol. The molecule has 176 valence electrons. The zero-order chi connectivity index (χ0) is 23.5. The molecule has 2 aromatic carbocycles. The molecular weight excluding hydrogens is 428 g/mol. The standard InChI is InChI=1S/C20H24N2O3.C4H4O4/c1-2-5-17(6-3-1)22-12-10-21(11-13-22)9-4-14-23-18-7-8-19-20(15-18)25-16-24-19;5-3(6)1-2-4(7)8/h1-3,5-8,15H,4,9-14,16H2;1-2H,(H,5,6)(H,7,8)/b;2-1+. The Hall–Kier alpha value is -3.72. The second-order valence-electron chi connectivity index (χ2n) is 7.39. The summed E-state index contributed by atoms with van der Waals surface area (Å²) in [6.07, 6.45) is 2.14. The smallest absolute Gasteiger partial charge is 0.328 e. The molecule has 0 aliphatic carbocycles. The van der Waals surface area contributed by atoms with Crippen LogP contribution in [0, 0.1) is 0 Å². The molecule has 9 nitrogen and oxygen atoms in total. The number of ether oxygens (including phenoxy) is 3. The van der Waals surface area contributed by atoms with E-state index in [1.165, 1.54) is 5.69 Å². The van der Waals surface area contributed by atoms with Crippen molar-refractivity contribution in [2.45, 2.75) is 6.42 Å². The summed E-state index contributed by atoms with van der Waals surface area (Å²) in [5.41, 5.74) is 1.33. The van der Waals surface area contributed by atoms with Gasteiger partial charge in [-0.05, 0) is 30.7 Å². The van der Waals surface area contributed by atoms with E-state index in [4.69, 9.17) is 24.4 Å². The van der Waals surface area contributed by atoms with Crippen LogP contribution < -0.4 is 19.1 Å². The van der Waals surface area contributed by atoms with E-state index in [9.17, 15) is 9.59 Å². The molecule has 1 fully saturated rings. The van der Waals surface area contributed by atoms with Crippen molar-refractivity contribution in [3.63, 3.8) is 0 Å². The van der Waals surface area contributed by atoms with Gasteiger partial charge in [0.1, 0.15) is 5.75 Å². The molecule has 4 rings (SSSR count). The number of carboxylic acid groups (broad SMARTS) is 2. The molecule has 2 aromatic rings. The molecule has 1 saturated heterocycles. The SMILES string of the molecule is O=C(O)/C=C/C(=O)O.c1ccc(N2CCN(CCCOc3ccc4c(c3)OCO4)CC2)cc1. The number of aliphatic carboxylic acids is 2. The molecule has 2 heterocycles. The van der Waals surface area contributed by atoms with Crippen molar-refractivity contribution in [1.82, 2.24) is 4.90 Å². The summed E-state index contributed by atoms with van der Waals surface area (Å²) < 4.78 is 16.5. The van der Waals surface area contributed by atoms with Crippen molar-refractivity contribution >= 4 is 17.6 Å². The van der Waals surface area contributed by atoms with Gasteiger partial charge in [0.05, 0.1) is 6.61 Å². The second kappa shape index (κ2) is 12.4. The number of hydrogen-bond donors (Lipinski definition) is 2. The molecule has 0 amide bonds. The molecule has 33 heavy (non-hydrogen) atoms. The summed E-state index contributed by atoms with van der Waals surface area (Å²) in [6, 6.07) is 16.4. The first-order chi connectivity index (χ1) is 16.0. The minimum atomic E-state index is -1.26. The van der Waals surface area contributed by atoms with E-state index in [0.29, 0.717) is 18.9 Å². The lowest BCUT2D eigenvalue weighted by Crippen LogP contribution is -2.46. The van der Waals surface area contributed by atoms with Crippen LogP contribution in [0.3, 0.4) is 0 Å². The first kappa shape index (κ1) is 23.9. The Bertz CT molecular complexity index is 925. The molecule has 0 spiro atoms. The van der Waals surface area contributed by atoms with Gasteiger partial charge < -0.3 is 29.3 Å². The Morgan fingerprint density at radius 1 is 0.909 bits per heavy atom. The normalized spacial score (nSPS) is 15.1. The summed E-state index contributed by atoms with van der Waals surface area (Å²) in [4.78, 5) is 24.1. The highest BCUT2D eigenvalue weighted by Crippen LogP contribution is 2.35. The number of benzene rings is 2. The highest BCUT2D eigenvalue weighted by molar-refractivity contribution is 5.89. The Kier molecular flexibility index (Phi) is 8.96. The van der Waals surface area contributed by atoms with Gasteiger partial charge in [-0.3, -0.25) is 4.90 Å². The van der Waals surface area contributed by atoms with E-state index >= 15 is 0 Å². The fourth-order valence-corrected chi connectivity index (χ4v) is 3.46. The Labute approximate surface area is 192 Å². The van der Waals surface area contributed by atoms with Gasteiger partial charge in [-0.15, -0.1) is 0 Å². The van der Waals surface area contributed by atoms with Gasteiger partial charge >= 0.3 is 11.9 Å². The van der Waals surface area contributed by atoms with E-state index in [-0.39, 0.29) is 0 Å². The number of carboxylic acids is 2. The average molecular weight is 456 g/mol. The fraction of sp³-hybridized carbons (Fsp3) is 0.333. The van der Waals surface area contributed by atoms with Crippen molar-refractivity contribution in [2.24, 2.45) is 0 Å². The maximum atomic E-state index is 9.55. The summed E-state index contributed by atoms with van der Waals surface area (Å²) in [7, 11) is 0. The van der Waals surface area contributed by atoms with Gasteiger partial charge in [-0.2, -0.15) is 0 Å². The van der Waals surface area contributed by atoms with Crippen molar-refractivity contribution in [1.29, 1.82) is 0 Å². The Morgan fingerprint density at radius 2 is 1.58 bits per heavy atom. The molecule has 2 N–H and O–H groups in total. The molecule has 0 bridgehead atoms. The van der Waals surface area contributed by atoms with Gasteiger partial charge in [-0.1, -0.05) is 18.2 Å². The van der Waals surface area contributed by atoms with Crippen LogP contribution in [0.2, 0.25) is 0 Å². The summed E-state index contributed by atoms with van der Waals surface area (Å²) in [5.74, 6) is -0.101. The van der Waals surface area contributed by atoms with Crippen LogP contribution in [0.25, 0.3) is 0 Å². The average Bonchev–Trinajstić information content (AvgIpc) is 3.30. The minimum Gasteiger partial charge on any atom is -0.493 e. The van der Waals surface area contributed by atoms with Crippen LogP contribution in [0.4, 0.5) is 5.69 Å². The summed E-state index contributed by atoms with van der Waals surface area (Å²) in [5, 5.41) is 15.6. The van der Waals surface area contributed by atoms with Crippen molar-refractivity contribution in [2.75, 3.05) is 51.0 Å². The topological polar surface area (TPSA) is 109 Å². The number of piperazine rings is 1. The number of para-hydroxylation sites is 1. The number of fused-ring (bicyclic) bond motifs is 1. The second-order valence-corrected chi connectivity index (χ2v) is 7.39. The molecule has 0 saturated carbocycles. The lowest BCUT2D eigenvalue weighted by molar-refractivity contribution is -0.134. The largest absolute Gasteiger partial charge is 0.493 e. The van der Waals surface area contributed by atoms with Crippen LogP contribution in [-0.2, 0) is 9.59 Å². The summed E-state index contributed by atoms with van der Waals surface area (Å²) >= 11 is 0. The molecule has 2 aliphatic rings. The van der Waals surface area contributed by atoms with Gasteiger partial charge in [0.2, 0.25) is 6.79 Å². The van der Waals surface area contributed by atoms with E-state index in [2.05, 4.69) is 40.1 Å². The molecule has 0 unspecified atom stereocenters. The molecular formula is C24H28N2O7. The van der Waals surface area contributed by atoms with Crippen LogP contribution >= 0.6 is 0 Å². The van der Waals surface area contributed by atoms with Crippen molar-refractivity contribution in [3.8, 4) is 17.2 Å². The fourth-order valence-electron chi connectivity index (χ4n) is 3.46. The third-order valence-electron chi connectivity index (χ3n) is 5.09. The Morgan fingerprint density at radius 3 is 2.24 bits per heavy atom. The number of hydrogen-bond acceptors (Lipinski definition) is 7.